The summed E-state index contributed by atoms with van der Waals surface area (Å²) in [6.07, 6.45) is 0. The lowest BCUT2D eigenvalue weighted by Crippen LogP contribution is -2.36. The van der Waals surface area contributed by atoms with Crippen molar-refractivity contribution in [2.75, 3.05) is 26.3 Å². The van der Waals surface area contributed by atoms with E-state index in [2.05, 4.69) is 9.88 Å². The highest BCUT2D eigenvalue weighted by atomic mass is 35.5. The summed E-state index contributed by atoms with van der Waals surface area (Å²) >= 11 is 5.99. The van der Waals surface area contributed by atoms with Crippen molar-refractivity contribution >= 4 is 22.4 Å². The molecule has 1 aliphatic heterocycles. The van der Waals surface area contributed by atoms with Crippen LogP contribution in [0.15, 0.2) is 23.0 Å². The molecule has 20 heavy (non-hydrogen) atoms. The van der Waals surface area contributed by atoms with Gasteiger partial charge in [-0.05, 0) is 30.0 Å². The molecule has 0 saturated carbocycles. The number of nitrogens with zero attached hydrogens (tertiary/aromatic N) is 1. The Hall–Kier alpha value is -1.36. The Bertz CT molecular complexity index is 690. The van der Waals surface area contributed by atoms with Gasteiger partial charge in [-0.1, -0.05) is 17.7 Å². The summed E-state index contributed by atoms with van der Waals surface area (Å²) in [5.74, 6) is 0. The van der Waals surface area contributed by atoms with E-state index in [4.69, 9.17) is 16.3 Å². The van der Waals surface area contributed by atoms with Crippen molar-refractivity contribution in [3.8, 4) is 0 Å². The molecular weight excluding hydrogens is 276 g/mol. The lowest BCUT2D eigenvalue weighted by molar-refractivity contribution is 0.0342. The predicted molar refractivity (Wildman–Crippen MR) is 80.4 cm³/mol. The van der Waals surface area contributed by atoms with Crippen LogP contribution in [0.2, 0.25) is 5.02 Å². The molecule has 1 N–H and O–H groups in total. The fourth-order valence-electron chi connectivity index (χ4n) is 2.67. The summed E-state index contributed by atoms with van der Waals surface area (Å²) in [6.45, 7) is 6.16. The maximum Gasteiger partial charge on any atom is 0.256 e. The van der Waals surface area contributed by atoms with Gasteiger partial charge in [-0.25, -0.2) is 0 Å². The van der Waals surface area contributed by atoms with Crippen LogP contribution in [0.1, 0.15) is 11.3 Å². The number of aryl methyl sites for hydroxylation is 1. The number of aromatic amines is 1. The average Bonchev–Trinajstić information content (AvgIpc) is 2.45. The summed E-state index contributed by atoms with van der Waals surface area (Å²) in [6, 6.07) is 5.51. The first kappa shape index (κ1) is 13.6. The number of pyridine rings is 1. The van der Waals surface area contributed by atoms with Gasteiger partial charge in [0.15, 0.2) is 0 Å². The molecule has 1 fully saturated rings. The topological polar surface area (TPSA) is 45.3 Å². The number of benzene rings is 1. The Morgan fingerprint density at radius 2 is 2.05 bits per heavy atom. The van der Waals surface area contributed by atoms with Crippen molar-refractivity contribution in [3.05, 3.63) is 44.8 Å². The third kappa shape index (κ3) is 2.59. The zero-order valence-corrected chi connectivity index (χ0v) is 12.2. The number of rotatable bonds is 2. The van der Waals surface area contributed by atoms with E-state index < -0.39 is 0 Å². The van der Waals surface area contributed by atoms with Gasteiger partial charge in [0, 0.05) is 35.7 Å². The van der Waals surface area contributed by atoms with Gasteiger partial charge in [0.2, 0.25) is 0 Å². The first-order valence-corrected chi connectivity index (χ1v) is 7.14. The van der Waals surface area contributed by atoms with E-state index in [1.807, 2.05) is 19.1 Å². The third-order valence-corrected chi connectivity index (χ3v) is 4.03. The van der Waals surface area contributed by atoms with Gasteiger partial charge in [0.25, 0.3) is 5.56 Å². The molecule has 0 amide bonds. The van der Waals surface area contributed by atoms with Gasteiger partial charge in [-0.2, -0.15) is 0 Å². The van der Waals surface area contributed by atoms with Gasteiger partial charge < -0.3 is 9.72 Å². The molecule has 3 rings (SSSR count). The molecule has 2 heterocycles. The molecule has 2 aromatic rings. The highest BCUT2D eigenvalue weighted by Gasteiger charge is 2.15. The van der Waals surface area contributed by atoms with E-state index in [9.17, 15) is 4.79 Å². The van der Waals surface area contributed by atoms with Crippen LogP contribution in [0.25, 0.3) is 10.8 Å². The van der Waals surface area contributed by atoms with E-state index in [-0.39, 0.29) is 5.56 Å². The van der Waals surface area contributed by atoms with Crippen molar-refractivity contribution in [1.29, 1.82) is 0 Å². The number of nitrogens with one attached hydrogen (secondary N) is 1. The SMILES string of the molecule is Cc1[nH]c(=O)c2cc(Cl)ccc2c1CN1CCOCC1. The molecular formula is C15H17ClN2O2. The van der Waals surface area contributed by atoms with Crippen LogP contribution in [0.4, 0.5) is 0 Å². The largest absolute Gasteiger partial charge is 0.379 e. The second kappa shape index (κ2) is 5.56. The van der Waals surface area contributed by atoms with Gasteiger partial charge in [-0.15, -0.1) is 0 Å². The van der Waals surface area contributed by atoms with E-state index in [1.54, 1.807) is 6.07 Å². The molecule has 1 saturated heterocycles. The summed E-state index contributed by atoms with van der Waals surface area (Å²) < 4.78 is 5.37. The number of ether oxygens (including phenoxy) is 1. The fourth-order valence-corrected chi connectivity index (χ4v) is 2.84. The molecule has 0 atom stereocenters. The standard InChI is InChI=1S/C15H17ClN2O2/c1-10-14(9-18-4-6-20-7-5-18)12-3-2-11(16)8-13(12)15(19)17-10/h2-3,8H,4-7,9H2,1H3,(H,17,19). The molecule has 5 heteroatoms. The van der Waals surface area contributed by atoms with Crippen molar-refractivity contribution < 1.29 is 4.74 Å². The molecule has 1 aromatic carbocycles. The van der Waals surface area contributed by atoms with E-state index in [0.29, 0.717) is 10.4 Å². The van der Waals surface area contributed by atoms with Crippen LogP contribution in [-0.2, 0) is 11.3 Å². The van der Waals surface area contributed by atoms with E-state index >= 15 is 0 Å². The molecule has 106 valence electrons. The Kier molecular flexibility index (Phi) is 3.78. The molecule has 0 unspecified atom stereocenters. The fraction of sp³-hybridized carbons (Fsp3) is 0.400. The maximum absolute atomic E-state index is 12.0. The first-order chi connectivity index (χ1) is 9.65. The quantitative estimate of drug-likeness (QED) is 0.924. The van der Waals surface area contributed by atoms with Gasteiger partial charge >= 0.3 is 0 Å². The second-order valence-electron chi connectivity index (χ2n) is 5.14. The molecule has 0 bridgehead atoms. The molecule has 4 nitrogen and oxygen atoms in total. The summed E-state index contributed by atoms with van der Waals surface area (Å²) in [5.41, 5.74) is 2.01. The van der Waals surface area contributed by atoms with Crippen molar-refractivity contribution in [2.24, 2.45) is 0 Å². The zero-order chi connectivity index (χ0) is 14.1. The van der Waals surface area contributed by atoms with E-state index in [1.165, 1.54) is 0 Å². The zero-order valence-electron chi connectivity index (χ0n) is 11.4. The Balaban J connectivity index is 2.07. The number of aromatic nitrogens is 1. The minimum atomic E-state index is -0.0780. The Labute approximate surface area is 122 Å². The van der Waals surface area contributed by atoms with Crippen LogP contribution < -0.4 is 5.56 Å². The number of fused-ring (bicyclic) bond motifs is 1. The number of hydrogen-bond acceptors (Lipinski definition) is 3. The van der Waals surface area contributed by atoms with Crippen LogP contribution in [0, 0.1) is 6.92 Å². The molecule has 0 radical (unpaired) electrons. The van der Waals surface area contributed by atoms with Crippen LogP contribution in [0.3, 0.4) is 0 Å². The van der Waals surface area contributed by atoms with Gasteiger partial charge in [0.1, 0.15) is 0 Å². The van der Waals surface area contributed by atoms with Crippen molar-refractivity contribution in [1.82, 2.24) is 9.88 Å². The molecule has 1 aliphatic rings. The van der Waals surface area contributed by atoms with Gasteiger partial charge in [-0.3, -0.25) is 9.69 Å². The van der Waals surface area contributed by atoms with Crippen LogP contribution in [0.5, 0.6) is 0 Å². The van der Waals surface area contributed by atoms with E-state index in [0.717, 1.165) is 49.5 Å². The van der Waals surface area contributed by atoms with Gasteiger partial charge in [0.05, 0.1) is 13.2 Å². The minimum Gasteiger partial charge on any atom is -0.379 e. The number of hydrogen-bond donors (Lipinski definition) is 1. The summed E-state index contributed by atoms with van der Waals surface area (Å²) in [4.78, 5) is 17.3. The smallest absolute Gasteiger partial charge is 0.256 e. The van der Waals surface area contributed by atoms with Crippen LogP contribution >= 0.6 is 11.6 Å². The molecule has 0 spiro atoms. The number of morpholine rings is 1. The Morgan fingerprint density at radius 1 is 1.30 bits per heavy atom. The lowest BCUT2D eigenvalue weighted by atomic mass is 10.0. The molecule has 0 aliphatic carbocycles. The highest BCUT2D eigenvalue weighted by molar-refractivity contribution is 6.31. The summed E-state index contributed by atoms with van der Waals surface area (Å²) in [5, 5.41) is 2.23. The normalized spacial score (nSPS) is 16.7. The Morgan fingerprint density at radius 3 is 2.80 bits per heavy atom. The lowest BCUT2D eigenvalue weighted by Gasteiger charge is -2.27. The number of halogens is 1. The molecule has 1 aromatic heterocycles. The second-order valence-corrected chi connectivity index (χ2v) is 5.57. The monoisotopic (exact) mass is 292 g/mol. The van der Waals surface area contributed by atoms with Crippen LogP contribution in [-0.4, -0.2) is 36.2 Å². The minimum absolute atomic E-state index is 0.0780. The predicted octanol–water partition coefficient (Wildman–Crippen LogP) is 2.32. The maximum atomic E-state index is 12.0. The highest BCUT2D eigenvalue weighted by Crippen LogP contribution is 2.23. The third-order valence-electron chi connectivity index (χ3n) is 3.79. The van der Waals surface area contributed by atoms with Crippen molar-refractivity contribution in [3.63, 3.8) is 0 Å². The van der Waals surface area contributed by atoms with Crippen molar-refractivity contribution in [2.45, 2.75) is 13.5 Å². The number of H-pyrrole nitrogens is 1. The summed E-state index contributed by atoms with van der Waals surface area (Å²) in [7, 11) is 0. The average molecular weight is 293 g/mol. The first-order valence-electron chi connectivity index (χ1n) is 6.76.